The Hall–Kier alpha value is -2.82. The molecule has 0 unspecified atom stereocenters. The smallest absolute Gasteiger partial charge is 0.338 e. The standard InChI is InChI=1S/C22H25ClN2O7S/c1-30-19-13-15(12-18(23)21(19)31-2)22(27)32-14-20(26)24-16-6-8-17(9-7-16)33(28,29)25-10-4-3-5-11-25/h6-9,12-13H,3-5,10-11,14H2,1-2H3,(H,24,26). The number of nitrogens with zero attached hydrogens (tertiary/aromatic N) is 1. The molecule has 0 spiro atoms. The van der Waals surface area contributed by atoms with E-state index in [1.54, 1.807) is 0 Å². The molecule has 1 heterocycles. The minimum atomic E-state index is -3.55. The number of methoxy groups -OCH3 is 2. The molecule has 0 radical (unpaired) electrons. The lowest BCUT2D eigenvalue weighted by Gasteiger charge is -2.25. The number of benzene rings is 2. The van der Waals surface area contributed by atoms with E-state index in [0.717, 1.165) is 19.3 Å². The van der Waals surface area contributed by atoms with Crippen LogP contribution in [-0.2, 0) is 19.6 Å². The van der Waals surface area contributed by atoms with Gasteiger partial charge in [0, 0.05) is 18.8 Å². The second-order valence-corrected chi connectivity index (χ2v) is 9.65. The first kappa shape index (κ1) is 24.8. The van der Waals surface area contributed by atoms with Crippen molar-refractivity contribution in [2.24, 2.45) is 0 Å². The van der Waals surface area contributed by atoms with E-state index in [2.05, 4.69) is 5.32 Å². The van der Waals surface area contributed by atoms with E-state index in [0.29, 0.717) is 18.8 Å². The molecule has 1 saturated heterocycles. The largest absolute Gasteiger partial charge is 0.493 e. The van der Waals surface area contributed by atoms with Gasteiger partial charge in [0.2, 0.25) is 10.0 Å². The van der Waals surface area contributed by atoms with E-state index < -0.39 is 28.5 Å². The molecule has 178 valence electrons. The van der Waals surface area contributed by atoms with Gasteiger partial charge in [-0.3, -0.25) is 4.79 Å². The van der Waals surface area contributed by atoms with Crippen LogP contribution in [0.15, 0.2) is 41.3 Å². The van der Waals surface area contributed by atoms with E-state index in [1.165, 1.54) is 54.9 Å². The highest BCUT2D eigenvalue weighted by molar-refractivity contribution is 7.89. The number of halogens is 1. The molecule has 1 aliphatic heterocycles. The molecule has 3 rings (SSSR count). The summed E-state index contributed by atoms with van der Waals surface area (Å²) < 4.78 is 42.2. The van der Waals surface area contributed by atoms with Gasteiger partial charge in [0.25, 0.3) is 5.91 Å². The predicted molar refractivity (Wildman–Crippen MR) is 123 cm³/mol. The van der Waals surface area contributed by atoms with Crippen molar-refractivity contribution in [2.45, 2.75) is 24.2 Å². The van der Waals surface area contributed by atoms with Crippen LogP contribution in [-0.4, -0.2) is 58.5 Å². The molecule has 11 heteroatoms. The lowest BCUT2D eigenvalue weighted by atomic mass is 10.2. The molecule has 9 nitrogen and oxygen atoms in total. The Morgan fingerprint density at radius 3 is 2.30 bits per heavy atom. The van der Waals surface area contributed by atoms with Crippen molar-refractivity contribution in [1.82, 2.24) is 4.31 Å². The maximum Gasteiger partial charge on any atom is 0.338 e. The van der Waals surface area contributed by atoms with Crippen LogP contribution in [0.1, 0.15) is 29.6 Å². The summed E-state index contributed by atoms with van der Waals surface area (Å²) in [7, 11) is -0.732. The SMILES string of the molecule is COc1cc(C(=O)OCC(=O)Nc2ccc(S(=O)(=O)N3CCCCC3)cc2)cc(Cl)c1OC. The van der Waals surface area contributed by atoms with Crippen molar-refractivity contribution in [1.29, 1.82) is 0 Å². The summed E-state index contributed by atoms with van der Waals surface area (Å²) in [4.78, 5) is 24.6. The lowest BCUT2D eigenvalue weighted by molar-refractivity contribution is -0.119. The molecule has 0 aromatic heterocycles. The number of amides is 1. The van der Waals surface area contributed by atoms with Crippen molar-refractivity contribution in [3.63, 3.8) is 0 Å². The number of rotatable bonds is 8. The Morgan fingerprint density at radius 2 is 1.70 bits per heavy atom. The van der Waals surface area contributed by atoms with E-state index in [4.69, 9.17) is 25.8 Å². The monoisotopic (exact) mass is 496 g/mol. The normalized spacial score (nSPS) is 14.4. The van der Waals surface area contributed by atoms with Gasteiger partial charge in [-0.25, -0.2) is 13.2 Å². The van der Waals surface area contributed by atoms with Gasteiger partial charge in [0.1, 0.15) is 0 Å². The molecule has 2 aromatic rings. The van der Waals surface area contributed by atoms with Gasteiger partial charge in [-0.05, 0) is 49.2 Å². The van der Waals surface area contributed by atoms with Crippen molar-refractivity contribution >= 4 is 39.2 Å². The number of anilines is 1. The molecular formula is C22H25ClN2O7S. The fourth-order valence-corrected chi connectivity index (χ4v) is 5.22. The highest BCUT2D eigenvalue weighted by atomic mass is 35.5. The number of carbonyl (C=O) groups is 2. The fraction of sp³-hybridized carbons (Fsp3) is 0.364. The zero-order chi connectivity index (χ0) is 24.0. The van der Waals surface area contributed by atoms with Gasteiger partial charge in [-0.1, -0.05) is 18.0 Å². The number of sulfonamides is 1. The third kappa shape index (κ3) is 5.95. The molecule has 1 amide bonds. The molecule has 0 atom stereocenters. The number of esters is 1. The van der Waals surface area contributed by atoms with Crippen LogP contribution < -0.4 is 14.8 Å². The van der Waals surface area contributed by atoms with Crippen molar-refractivity contribution in [3.8, 4) is 11.5 Å². The molecule has 1 fully saturated rings. The summed E-state index contributed by atoms with van der Waals surface area (Å²) in [5, 5.41) is 2.72. The van der Waals surface area contributed by atoms with E-state index >= 15 is 0 Å². The fourth-order valence-electron chi connectivity index (χ4n) is 3.41. The van der Waals surface area contributed by atoms with E-state index in [-0.39, 0.29) is 27.0 Å². The van der Waals surface area contributed by atoms with Crippen molar-refractivity contribution < 1.29 is 32.2 Å². The summed E-state index contributed by atoms with van der Waals surface area (Å²) in [5.41, 5.74) is 0.473. The topological polar surface area (TPSA) is 111 Å². The number of nitrogens with one attached hydrogen (secondary N) is 1. The zero-order valence-corrected chi connectivity index (χ0v) is 19.9. The van der Waals surface area contributed by atoms with Crippen LogP contribution >= 0.6 is 11.6 Å². The highest BCUT2D eigenvalue weighted by Crippen LogP contribution is 2.36. The quantitative estimate of drug-likeness (QED) is 0.558. The Balaban J connectivity index is 1.58. The van der Waals surface area contributed by atoms with Gasteiger partial charge in [0.15, 0.2) is 18.1 Å². The van der Waals surface area contributed by atoms with Gasteiger partial charge in [0.05, 0.1) is 29.7 Å². The number of piperidine rings is 1. The Bertz CT molecular complexity index is 1110. The lowest BCUT2D eigenvalue weighted by Crippen LogP contribution is -2.35. The van der Waals surface area contributed by atoms with Gasteiger partial charge in [-0.2, -0.15) is 4.31 Å². The van der Waals surface area contributed by atoms with Crippen LogP contribution in [0.3, 0.4) is 0 Å². The molecule has 0 aliphatic carbocycles. The maximum absolute atomic E-state index is 12.7. The minimum absolute atomic E-state index is 0.0951. The zero-order valence-electron chi connectivity index (χ0n) is 18.3. The second kappa shape index (κ2) is 10.9. The molecule has 33 heavy (non-hydrogen) atoms. The molecule has 0 saturated carbocycles. The molecule has 1 N–H and O–H groups in total. The number of ether oxygens (including phenoxy) is 3. The number of hydrogen-bond donors (Lipinski definition) is 1. The van der Waals surface area contributed by atoms with Crippen molar-refractivity contribution in [2.75, 3.05) is 39.2 Å². The molecule has 2 aromatic carbocycles. The summed E-state index contributed by atoms with van der Waals surface area (Å²) in [6.45, 7) is 0.480. The van der Waals surface area contributed by atoms with Crippen LogP contribution in [0.4, 0.5) is 5.69 Å². The van der Waals surface area contributed by atoms with Crippen LogP contribution in [0.25, 0.3) is 0 Å². The third-order valence-corrected chi connectivity index (χ3v) is 7.29. The summed E-state index contributed by atoms with van der Waals surface area (Å²) >= 11 is 6.08. The number of hydrogen-bond acceptors (Lipinski definition) is 7. The third-order valence-electron chi connectivity index (χ3n) is 5.09. The van der Waals surface area contributed by atoms with E-state index in [9.17, 15) is 18.0 Å². The Kier molecular flexibility index (Phi) is 8.17. The Morgan fingerprint density at radius 1 is 1.03 bits per heavy atom. The first-order valence-corrected chi connectivity index (χ1v) is 12.1. The average Bonchev–Trinajstić information content (AvgIpc) is 2.82. The van der Waals surface area contributed by atoms with Gasteiger partial charge >= 0.3 is 5.97 Å². The van der Waals surface area contributed by atoms with E-state index in [1.807, 2.05) is 0 Å². The number of carbonyl (C=O) groups excluding carboxylic acids is 2. The first-order chi connectivity index (χ1) is 15.8. The summed E-state index contributed by atoms with van der Waals surface area (Å²) in [6, 6.07) is 8.61. The van der Waals surface area contributed by atoms with Crippen LogP contribution in [0.5, 0.6) is 11.5 Å². The van der Waals surface area contributed by atoms with Crippen LogP contribution in [0, 0.1) is 0 Å². The Labute approximate surface area is 197 Å². The van der Waals surface area contributed by atoms with Gasteiger partial charge in [-0.15, -0.1) is 0 Å². The van der Waals surface area contributed by atoms with Crippen LogP contribution in [0.2, 0.25) is 5.02 Å². The maximum atomic E-state index is 12.7. The predicted octanol–water partition coefficient (Wildman–Crippen LogP) is 3.33. The van der Waals surface area contributed by atoms with Gasteiger partial charge < -0.3 is 19.5 Å². The summed E-state index contributed by atoms with van der Waals surface area (Å²) in [5.74, 6) is -0.822. The highest BCUT2D eigenvalue weighted by Gasteiger charge is 2.25. The molecule has 0 bridgehead atoms. The average molecular weight is 497 g/mol. The minimum Gasteiger partial charge on any atom is -0.493 e. The molecule has 1 aliphatic rings. The molecular weight excluding hydrogens is 472 g/mol. The first-order valence-electron chi connectivity index (χ1n) is 10.2. The van der Waals surface area contributed by atoms with Crippen molar-refractivity contribution in [3.05, 3.63) is 47.0 Å². The summed E-state index contributed by atoms with van der Waals surface area (Å²) in [6.07, 6.45) is 2.73. The second-order valence-electron chi connectivity index (χ2n) is 7.31.